The first-order chi connectivity index (χ1) is 5.79. The summed E-state index contributed by atoms with van der Waals surface area (Å²) in [6, 6.07) is 0. The van der Waals surface area contributed by atoms with Crippen molar-refractivity contribution in [2.45, 2.75) is 37.1 Å². The minimum atomic E-state index is -1.02. The monoisotopic (exact) mass is 187 g/mol. The molecule has 1 N–H and O–H groups in total. The molecule has 0 fully saturated rings. The van der Waals surface area contributed by atoms with Crippen LogP contribution in [0.15, 0.2) is 11.5 Å². The number of nitrogens with one attached hydrogen (secondary N) is 1. The number of rotatable bonds is 4. The SMILES string of the molecule is CCC(CC)S(=O)c1ncn[nH]1. The molecule has 1 atom stereocenters. The molecule has 1 aromatic rings. The van der Waals surface area contributed by atoms with Crippen LogP contribution in [0.25, 0.3) is 0 Å². The summed E-state index contributed by atoms with van der Waals surface area (Å²) in [7, 11) is -1.02. The Balaban J connectivity index is 2.70. The van der Waals surface area contributed by atoms with E-state index < -0.39 is 10.8 Å². The smallest absolute Gasteiger partial charge is 0.214 e. The van der Waals surface area contributed by atoms with Gasteiger partial charge in [0.1, 0.15) is 6.33 Å². The Hall–Kier alpha value is -0.710. The number of aromatic nitrogens is 3. The fourth-order valence-electron chi connectivity index (χ4n) is 1.04. The maximum atomic E-state index is 11.6. The average Bonchev–Trinajstić information content (AvgIpc) is 2.58. The molecule has 0 bridgehead atoms. The third-order valence-corrected chi connectivity index (χ3v) is 3.65. The first kappa shape index (κ1) is 9.38. The summed E-state index contributed by atoms with van der Waals surface area (Å²) in [5.74, 6) is 0. The maximum absolute atomic E-state index is 11.6. The lowest BCUT2D eigenvalue weighted by molar-refractivity contribution is 0.650. The number of nitrogens with zero attached hydrogens (tertiary/aromatic N) is 2. The van der Waals surface area contributed by atoms with Crippen LogP contribution in [0.1, 0.15) is 26.7 Å². The highest BCUT2D eigenvalue weighted by Crippen LogP contribution is 2.11. The first-order valence-corrected chi connectivity index (χ1v) is 5.26. The molecule has 12 heavy (non-hydrogen) atoms. The van der Waals surface area contributed by atoms with Crippen LogP contribution in [0.4, 0.5) is 0 Å². The van der Waals surface area contributed by atoms with Gasteiger partial charge in [-0.15, -0.1) is 0 Å². The van der Waals surface area contributed by atoms with Crippen molar-refractivity contribution in [3.63, 3.8) is 0 Å². The number of H-pyrrole nitrogens is 1. The Kier molecular flexibility index (Phi) is 3.40. The summed E-state index contributed by atoms with van der Waals surface area (Å²) in [5.41, 5.74) is 0. The molecule has 5 heteroatoms. The summed E-state index contributed by atoms with van der Waals surface area (Å²) in [5, 5.41) is 6.97. The van der Waals surface area contributed by atoms with Crippen LogP contribution >= 0.6 is 0 Å². The van der Waals surface area contributed by atoms with E-state index in [4.69, 9.17) is 0 Å². The predicted octanol–water partition coefficient (Wildman–Crippen LogP) is 1.10. The number of hydrogen-bond acceptors (Lipinski definition) is 3. The van der Waals surface area contributed by atoms with Gasteiger partial charge in [-0.3, -0.25) is 9.31 Å². The molecule has 1 heterocycles. The topological polar surface area (TPSA) is 58.6 Å². The Morgan fingerprint density at radius 2 is 2.25 bits per heavy atom. The van der Waals surface area contributed by atoms with Gasteiger partial charge in [-0.05, 0) is 12.8 Å². The zero-order valence-corrected chi connectivity index (χ0v) is 8.10. The predicted molar refractivity (Wildman–Crippen MR) is 47.2 cm³/mol. The van der Waals surface area contributed by atoms with Crippen molar-refractivity contribution in [1.29, 1.82) is 0 Å². The van der Waals surface area contributed by atoms with Crippen molar-refractivity contribution >= 4 is 10.8 Å². The van der Waals surface area contributed by atoms with E-state index in [1.165, 1.54) is 6.33 Å². The summed E-state index contributed by atoms with van der Waals surface area (Å²) < 4.78 is 11.6. The van der Waals surface area contributed by atoms with Crippen LogP contribution in [-0.2, 0) is 10.8 Å². The summed E-state index contributed by atoms with van der Waals surface area (Å²) in [4.78, 5) is 3.87. The Bertz CT molecular complexity index is 243. The van der Waals surface area contributed by atoms with Gasteiger partial charge in [0.15, 0.2) is 0 Å². The van der Waals surface area contributed by atoms with Gasteiger partial charge >= 0.3 is 0 Å². The Labute approximate surface area is 74.2 Å². The van der Waals surface area contributed by atoms with Crippen LogP contribution < -0.4 is 0 Å². The lowest BCUT2D eigenvalue weighted by atomic mass is 10.3. The van der Waals surface area contributed by atoms with Crippen LogP contribution in [0, 0.1) is 0 Å². The van der Waals surface area contributed by atoms with Gasteiger partial charge in [0, 0.05) is 5.25 Å². The number of aromatic amines is 1. The van der Waals surface area contributed by atoms with Crippen molar-refractivity contribution in [3.05, 3.63) is 6.33 Å². The van der Waals surface area contributed by atoms with E-state index in [2.05, 4.69) is 15.2 Å². The molecule has 4 nitrogen and oxygen atoms in total. The van der Waals surface area contributed by atoms with E-state index in [1.807, 2.05) is 13.8 Å². The van der Waals surface area contributed by atoms with Gasteiger partial charge in [0.2, 0.25) is 5.16 Å². The molecule has 1 rings (SSSR count). The van der Waals surface area contributed by atoms with E-state index >= 15 is 0 Å². The molecule has 0 radical (unpaired) electrons. The van der Waals surface area contributed by atoms with Crippen molar-refractivity contribution < 1.29 is 4.21 Å². The molecule has 68 valence electrons. The zero-order chi connectivity index (χ0) is 8.97. The van der Waals surface area contributed by atoms with Crippen molar-refractivity contribution in [1.82, 2.24) is 15.2 Å². The van der Waals surface area contributed by atoms with E-state index in [9.17, 15) is 4.21 Å². The van der Waals surface area contributed by atoms with Gasteiger partial charge in [-0.25, -0.2) is 4.98 Å². The van der Waals surface area contributed by atoms with Gasteiger partial charge in [-0.1, -0.05) is 13.8 Å². The summed E-state index contributed by atoms with van der Waals surface area (Å²) in [6.45, 7) is 4.06. The highest BCUT2D eigenvalue weighted by atomic mass is 32.2. The second kappa shape index (κ2) is 4.35. The third-order valence-electron chi connectivity index (χ3n) is 1.80. The normalized spacial score (nSPS) is 13.6. The minimum absolute atomic E-state index is 0.193. The van der Waals surface area contributed by atoms with E-state index in [0.29, 0.717) is 5.16 Å². The van der Waals surface area contributed by atoms with Crippen molar-refractivity contribution in [3.8, 4) is 0 Å². The van der Waals surface area contributed by atoms with Crippen LogP contribution in [0.3, 0.4) is 0 Å². The van der Waals surface area contributed by atoms with Crippen molar-refractivity contribution in [2.24, 2.45) is 0 Å². The molecule has 0 aliphatic rings. The third kappa shape index (κ3) is 1.91. The Morgan fingerprint density at radius 1 is 1.58 bits per heavy atom. The second-order valence-electron chi connectivity index (χ2n) is 2.53. The molecule has 1 aromatic heterocycles. The van der Waals surface area contributed by atoms with Gasteiger partial charge < -0.3 is 0 Å². The molecular weight excluding hydrogens is 174 g/mol. The average molecular weight is 187 g/mol. The Morgan fingerprint density at radius 3 is 2.67 bits per heavy atom. The molecule has 0 aromatic carbocycles. The molecule has 0 spiro atoms. The van der Waals surface area contributed by atoms with Gasteiger partial charge in [0.25, 0.3) is 0 Å². The lowest BCUT2D eigenvalue weighted by Crippen LogP contribution is -2.14. The van der Waals surface area contributed by atoms with E-state index in [-0.39, 0.29) is 5.25 Å². The van der Waals surface area contributed by atoms with Crippen LogP contribution in [0.5, 0.6) is 0 Å². The molecule has 0 amide bonds. The van der Waals surface area contributed by atoms with E-state index in [0.717, 1.165) is 12.8 Å². The fraction of sp³-hybridized carbons (Fsp3) is 0.714. The van der Waals surface area contributed by atoms with Crippen molar-refractivity contribution in [2.75, 3.05) is 0 Å². The molecule has 0 aliphatic heterocycles. The largest absolute Gasteiger partial charge is 0.252 e. The van der Waals surface area contributed by atoms with Crippen LogP contribution in [0.2, 0.25) is 0 Å². The molecule has 0 saturated carbocycles. The first-order valence-electron chi connectivity index (χ1n) is 4.05. The maximum Gasteiger partial charge on any atom is 0.214 e. The molecule has 1 unspecified atom stereocenters. The van der Waals surface area contributed by atoms with Gasteiger partial charge in [-0.2, -0.15) is 5.10 Å². The second-order valence-corrected chi connectivity index (χ2v) is 4.17. The van der Waals surface area contributed by atoms with E-state index in [1.54, 1.807) is 0 Å². The standard InChI is InChI=1S/C7H13N3OS/c1-3-6(4-2)12(11)7-8-5-9-10-7/h5-6H,3-4H2,1-2H3,(H,8,9,10). The molecular formula is C7H13N3OS. The highest BCUT2D eigenvalue weighted by Gasteiger charge is 2.16. The minimum Gasteiger partial charge on any atom is -0.252 e. The zero-order valence-electron chi connectivity index (χ0n) is 7.28. The lowest BCUT2D eigenvalue weighted by Gasteiger charge is -2.08. The summed E-state index contributed by atoms with van der Waals surface area (Å²) >= 11 is 0. The van der Waals surface area contributed by atoms with Gasteiger partial charge in [0.05, 0.1) is 10.8 Å². The molecule has 0 aliphatic carbocycles. The quantitative estimate of drug-likeness (QED) is 0.768. The fourth-order valence-corrected chi connectivity index (χ4v) is 2.26. The van der Waals surface area contributed by atoms with Crippen LogP contribution in [-0.4, -0.2) is 24.6 Å². The summed E-state index contributed by atoms with van der Waals surface area (Å²) in [6.07, 6.45) is 3.20. The highest BCUT2D eigenvalue weighted by molar-refractivity contribution is 7.85. The molecule has 0 saturated heterocycles. The number of hydrogen-bond donors (Lipinski definition) is 1.